The van der Waals surface area contributed by atoms with Crippen LogP contribution in [0.2, 0.25) is 0 Å². The molecule has 0 spiro atoms. The lowest BCUT2D eigenvalue weighted by Crippen LogP contribution is -2.36. The van der Waals surface area contributed by atoms with Crippen LogP contribution in [0.1, 0.15) is 12.5 Å². The van der Waals surface area contributed by atoms with Gasteiger partial charge in [-0.2, -0.15) is 5.10 Å². The summed E-state index contributed by atoms with van der Waals surface area (Å²) in [4.78, 5) is 33.9. The van der Waals surface area contributed by atoms with E-state index in [0.717, 1.165) is 45.5 Å². The van der Waals surface area contributed by atoms with Crippen molar-refractivity contribution in [2.45, 2.75) is 19.9 Å². The number of rotatable bonds is 6. The molecule has 5 rings (SSSR count). The smallest absolute Gasteiger partial charge is 0.294 e. The van der Waals surface area contributed by atoms with Crippen LogP contribution in [0.3, 0.4) is 0 Å². The summed E-state index contributed by atoms with van der Waals surface area (Å²) in [5.41, 5.74) is 2.46. The number of anilines is 2. The molecule has 0 aliphatic carbocycles. The number of aryl methyl sites for hydroxylation is 1. The number of fused-ring (bicyclic) bond motifs is 1. The third-order valence-electron chi connectivity index (χ3n) is 5.49. The lowest BCUT2D eigenvalue weighted by molar-refractivity contribution is -0.117. The van der Waals surface area contributed by atoms with Crippen molar-refractivity contribution in [3.8, 4) is 10.6 Å². The number of thiazole rings is 1. The molecule has 8 nitrogen and oxygen atoms in total. The molecule has 10 heteroatoms. The predicted molar refractivity (Wildman–Crippen MR) is 132 cm³/mol. The van der Waals surface area contributed by atoms with E-state index in [9.17, 15) is 9.59 Å². The van der Waals surface area contributed by atoms with E-state index < -0.39 is 0 Å². The van der Waals surface area contributed by atoms with E-state index in [4.69, 9.17) is 4.74 Å². The Kier molecular flexibility index (Phi) is 6.21. The number of nitrogens with zero attached hydrogens (tertiary/aromatic N) is 4. The Hall–Kier alpha value is -3.08. The van der Waals surface area contributed by atoms with Gasteiger partial charge in [-0.25, -0.2) is 9.67 Å². The van der Waals surface area contributed by atoms with Gasteiger partial charge in [0.05, 0.1) is 22.8 Å². The Morgan fingerprint density at radius 2 is 2.00 bits per heavy atom. The summed E-state index contributed by atoms with van der Waals surface area (Å²) in [5.74, 6) is -0.300. The van der Waals surface area contributed by atoms with Gasteiger partial charge in [0.15, 0.2) is 10.6 Å². The van der Waals surface area contributed by atoms with Crippen LogP contribution < -0.4 is 15.8 Å². The molecule has 1 aliphatic rings. The summed E-state index contributed by atoms with van der Waals surface area (Å²) in [6.07, 6.45) is 0.798. The third kappa shape index (κ3) is 4.41. The van der Waals surface area contributed by atoms with Gasteiger partial charge >= 0.3 is 0 Å². The van der Waals surface area contributed by atoms with Crippen LogP contribution in [0.15, 0.2) is 46.6 Å². The molecule has 0 radical (unpaired) electrons. The minimum absolute atomic E-state index is 0.185. The highest BCUT2D eigenvalue weighted by molar-refractivity contribution is 7.23. The van der Waals surface area contributed by atoms with Gasteiger partial charge in [-0.1, -0.05) is 42.5 Å². The fraction of sp³-hybridized carbons (Fsp3) is 0.304. The molecule has 4 heterocycles. The van der Waals surface area contributed by atoms with Gasteiger partial charge in [-0.15, -0.1) is 11.3 Å². The first-order valence-electron chi connectivity index (χ1n) is 10.8. The van der Waals surface area contributed by atoms with Crippen molar-refractivity contribution < 1.29 is 9.53 Å². The number of benzene rings is 1. The monoisotopic (exact) mass is 481 g/mol. The second kappa shape index (κ2) is 9.42. The Morgan fingerprint density at radius 1 is 1.18 bits per heavy atom. The standard InChI is InChI=1S/C23H23N5O3S2/c1-2-15-6-3-4-7-16(15)24-18(29)14-28-22(30)20-21(19(26-28)17-8-5-13-32-17)33-23(25-20)27-9-11-31-12-10-27/h3-8,13H,2,9-12,14H2,1H3,(H,24,29). The molecule has 4 aromatic rings. The van der Waals surface area contributed by atoms with Crippen molar-refractivity contribution in [3.63, 3.8) is 0 Å². The van der Waals surface area contributed by atoms with Crippen LogP contribution in [-0.4, -0.2) is 47.0 Å². The predicted octanol–water partition coefficient (Wildman–Crippen LogP) is 3.62. The minimum atomic E-state index is -0.361. The van der Waals surface area contributed by atoms with Gasteiger partial charge in [0.1, 0.15) is 12.2 Å². The van der Waals surface area contributed by atoms with E-state index in [0.29, 0.717) is 24.4 Å². The van der Waals surface area contributed by atoms with Crippen LogP contribution >= 0.6 is 22.7 Å². The molecule has 1 amide bonds. The van der Waals surface area contributed by atoms with Gasteiger partial charge in [0.2, 0.25) is 5.91 Å². The Balaban J connectivity index is 1.52. The molecule has 0 unspecified atom stereocenters. The molecular formula is C23H23N5O3S2. The van der Waals surface area contributed by atoms with Crippen molar-refractivity contribution >= 4 is 49.6 Å². The molecule has 0 atom stereocenters. The van der Waals surface area contributed by atoms with Crippen LogP contribution in [-0.2, 0) is 22.5 Å². The first-order chi connectivity index (χ1) is 16.1. The Morgan fingerprint density at radius 3 is 2.76 bits per heavy atom. The van der Waals surface area contributed by atoms with E-state index in [2.05, 4.69) is 20.3 Å². The number of para-hydroxylation sites is 1. The molecule has 1 saturated heterocycles. The van der Waals surface area contributed by atoms with E-state index in [1.54, 1.807) is 11.3 Å². The van der Waals surface area contributed by atoms with Crippen LogP contribution in [0.5, 0.6) is 0 Å². The number of hydrogen-bond donors (Lipinski definition) is 1. The first kappa shape index (κ1) is 21.7. The van der Waals surface area contributed by atoms with Crippen molar-refractivity contribution in [2.75, 3.05) is 36.5 Å². The number of aromatic nitrogens is 3. The van der Waals surface area contributed by atoms with Gasteiger partial charge in [-0.3, -0.25) is 9.59 Å². The summed E-state index contributed by atoms with van der Waals surface area (Å²) in [5, 5.41) is 10.3. The summed E-state index contributed by atoms with van der Waals surface area (Å²) in [6.45, 7) is 4.58. The number of carbonyl (C=O) groups excluding carboxylic acids is 1. The zero-order valence-electron chi connectivity index (χ0n) is 18.1. The van der Waals surface area contributed by atoms with Gasteiger partial charge in [-0.05, 0) is 29.5 Å². The van der Waals surface area contributed by atoms with E-state index in [-0.39, 0.29) is 18.0 Å². The van der Waals surface area contributed by atoms with Crippen molar-refractivity contribution in [3.05, 3.63) is 57.7 Å². The summed E-state index contributed by atoms with van der Waals surface area (Å²) < 4.78 is 7.42. The number of thiophene rings is 1. The highest BCUT2D eigenvalue weighted by Crippen LogP contribution is 2.35. The third-order valence-corrected chi connectivity index (χ3v) is 7.49. The van der Waals surface area contributed by atoms with Gasteiger partial charge in [0, 0.05) is 18.8 Å². The Bertz CT molecular complexity index is 1340. The molecule has 1 N–H and O–H groups in total. The zero-order valence-corrected chi connectivity index (χ0v) is 19.7. The minimum Gasteiger partial charge on any atom is -0.378 e. The fourth-order valence-corrected chi connectivity index (χ4v) is 5.68. The molecule has 170 valence electrons. The van der Waals surface area contributed by atoms with Crippen molar-refractivity contribution in [1.29, 1.82) is 0 Å². The lowest BCUT2D eigenvalue weighted by Gasteiger charge is -2.25. The maximum atomic E-state index is 13.3. The molecule has 0 saturated carbocycles. The molecule has 1 aliphatic heterocycles. The molecule has 1 aromatic carbocycles. The SMILES string of the molecule is CCc1ccccc1NC(=O)Cn1nc(-c2cccs2)c2sc(N3CCOCC3)nc2c1=O. The lowest BCUT2D eigenvalue weighted by atomic mass is 10.1. The maximum absolute atomic E-state index is 13.3. The van der Waals surface area contributed by atoms with E-state index in [1.165, 1.54) is 16.0 Å². The zero-order chi connectivity index (χ0) is 22.8. The van der Waals surface area contributed by atoms with Crippen LogP contribution in [0.4, 0.5) is 10.8 Å². The second-order valence-corrected chi connectivity index (χ2v) is 9.55. The van der Waals surface area contributed by atoms with E-state index >= 15 is 0 Å². The number of amides is 1. The van der Waals surface area contributed by atoms with Crippen LogP contribution in [0, 0.1) is 0 Å². The van der Waals surface area contributed by atoms with Gasteiger partial charge in [0.25, 0.3) is 5.56 Å². The topological polar surface area (TPSA) is 89.3 Å². The highest BCUT2D eigenvalue weighted by atomic mass is 32.1. The molecular weight excluding hydrogens is 458 g/mol. The number of morpholine rings is 1. The van der Waals surface area contributed by atoms with E-state index in [1.807, 2.05) is 48.7 Å². The number of ether oxygens (including phenoxy) is 1. The first-order valence-corrected chi connectivity index (χ1v) is 12.5. The van der Waals surface area contributed by atoms with Crippen molar-refractivity contribution in [1.82, 2.24) is 14.8 Å². The average molecular weight is 482 g/mol. The van der Waals surface area contributed by atoms with Gasteiger partial charge < -0.3 is 15.0 Å². The number of hydrogen-bond acceptors (Lipinski definition) is 8. The number of carbonyl (C=O) groups is 1. The summed E-state index contributed by atoms with van der Waals surface area (Å²) in [6, 6.07) is 11.6. The second-order valence-electron chi connectivity index (χ2n) is 7.62. The summed E-state index contributed by atoms with van der Waals surface area (Å²) >= 11 is 3.01. The highest BCUT2D eigenvalue weighted by Gasteiger charge is 2.22. The van der Waals surface area contributed by atoms with Crippen molar-refractivity contribution in [2.24, 2.45) is 0 Å². The maximum Gasteiger partial charge on any atom is 0.294 e. The average Bonchev–Trinajstić information content (AvgIpc) is 3.53. The molecule has 33 heavy (non-hydrogen) atoms. The fourth-order valence-electron chi connectivity index (χ4n) is 3.80. The normalized spacial score (nSPS) is 14.0. The van der Waals surface area contributed by atoms with Crippen LogP contribution in [0.25, 0.3) is 20.8 Å². The number of nitrogens with one attached hydrogen (secondary N) is 1. The molecule has 1 fully saturated rings. The quantitative estimate of drug-likeness (QED) is 0.453. The summed E-state index contributed by atoms with van der Waals surface area (Å²) in [7, 11) is 0. The Labute approximate surface area is 198 Å². The molecule has 0 bridgehead atoms. The largest absolute Gasteiger partial charge is 0.378 e. The molecule has 3 aromatic heterocycles.